The van der Waals surface area contributed by atoms with Crippen molar-refractivity contribution in [2.75, 3.05) is 45.8 Å². The highest BCUT2D eigenvalue weighted by molar-refractivity contribution is 4.55. The second-order valence-corrected chi connectivity index (χ2v) is 5.16. The Morgan fingerprint density at radius 2 is 1.05 bits per heavy atom. The minimum absolute atomic E-state index is 0.788. The van der Waals surface area contributed by atoms with Crippen molar-refractivity contribution in [2.24, 2.45) is 5.73 Å². The minimum atomic E-state index is 0.788. The Balaban J connectivity index is 2.88. The van der Waals surface area contributed by atoms with Crippen LogP contribution in [0.4, 0.5) is 0 Å². The molecule has 4 nitrogen and oxygen atoms in total. The van der Waals surface area contributed by atoms with Crippen molar-refractivity contribution in [1.82, 2.24) is 16.0 Å². The third kappa shape index (κ3) is 17.8. The molecule has 19 heavy (non-hydrogen) atoms. The molecule has 5 N–H and O–H groups in total. The van der Waals surface area contributed by atoms with Crippen LogP contribution < -0.4 is 21.7 Å². The molecule has 0 aliphatic carbocycles. The molecule has 0 aromatic carbocycles. The molecule has 0 amide bonds. The van der Waals surface area contributed by atoms with Crippen LogP contribution in [0.15, 0.2) is 0 Å². The van der Waals surface area contributed by atoms with E-state index in [0.717, 1.165) is 45.7 Å². The lowest BCUT2D eigenvalue weighted by Gasteiger charge is -2.07. The fourth-order valence-corrected chi connectivity index (χ4v) is 1.96. The van der Waals surface area contributed by atoms with Gasteiger partial charge in [0.25, 0.3) is 0 Å². The molecule has 0 heterocycles. The molecule has 116 valence electrons. The van der Waals surface area contributed by atoms with Crippen molar-refractivity contribution in [3.63, 3.8) is 0 Å². The zero-order valence-electron chi connectivity index (χ0n) is 13.0. The molecule has 0 aromatic rings. The van der Waals surface area contributed by atoms with Crippen molar-refractivity contribution in [1.29, 1.82) is 0 Å². The normalized spacial score (nSPS) is 11.1. The van der Waals surface area contributed by atoms with Crippen LogP contribution in [-0.4, -0.2) is 45.8 Å². The van der Waals surface area contributed by atoms with Crippen molar-refractivity contribution >= 4 is 0 Å². The average Bonchev–Trinajstić information content (AvgIpc) is 2.43. The van der Waals surface area contributed by atoms with Gasteiger partial charge >= 0.3 is 0 Å². The Bertz CT molecular complexity index is 137. The zero-order chi connectivity index (χ0) is 14.0. The SMILES string of the molecule is CCCCCCNCCCNCCCNCCCN. The third-order valence-corrected chi connectivity index (χ3v) is 3.18. The van der Waals surface area contributed by atoms with E-state index in [1.165, 1.54) is 45.1 Å². The number of nitrogens with two attached hydrogens (primary N) is 1. The van der Waals surface area contributed by atoms with Crippen LogP contribution in [0.3, 0.4) is 0 Å². The first-order valence-electron chi connectivity index (χ1n) is 8.24. The monoisotopic (exact) mass is 272 g/mol. The van der Waals surface area contributed by atoms with E-state index in [4.69, 9.17) is 5.73 Å². The van der Waals surface area contributed by atoms with Crippen LogP contribution >= 0.6 is 0 Å². The van der Waals surface area contributed by atoms with Crippen molar-refractivity contribution < 1.29 is 0 Å². The molecule has 0 rings (SSSR count). The van der Waals surface area contributed by atoms with E-state index in [1.807, 2.05) is 0 Å². The number of hydrogen-bond acceptors (Lipinski definition) is 4. The second-order valence-electron chi connectivity index (χ2n) is 5.16. The average molecular weight is 272 g/mol. The lowest BCUT2D eigenvalue weighted by Crippen LogP contribution is -2.26. The van der Waals surface area contributed by atoms with Crippen LogP contribution in [0.5, 0.6) is 0 Å². The molecular formula is C15H36N4. The lowest BCUT2D eigenvalue weighted by atomic mass is 10.2. The van der Waals surface area contributed by atoms with Gasteiger partial charge in [0.1, 0.15) is 0 Å². The summed E-state index contributed by atoms with van der Waals surface area (Å²) in [5.74, 6) is 0. The molecule has 0 saturated heterocycles. The standard InChI is InChI=1S/C15H36N4/c1-2-3-4-5-10-17-12-7-14-19-15-8-13-18-11-6-9-16/h17-19H,2-16H2,1H3. The molecule has 0 unspecified atom stereocenters. The van der Waals surface area contributed by atoms with Crippen LogP contribution in [0.1, 0.15) is 51.9 Å². The maximum absolute atomic E-state index is 5.42. The Morgan fingerprint density at radius 1 is 0.579 bits per heavy atom. The second kappa shape index (κ2) is 17.8. The van der Waals surface area contributed by atoms with Crippen LogP contribution in [0.2, 0.25) is 0 Å². The largest absolute Gasteiger partial charge is 0.330 e. The third-order valence-electron chi connectivity index (χ3n) is 3.18. The first kappa shape index (κ1) is 18.8. The van der Waals surface area contributed by atoms with Gasteiger partial charge in [-0.3, -0.25) is 0 Å². The van der Waals surface area contributed by atoms with Crippen molar-refractivity contribution in [3.05, 3.63) is 0 Å². The van der Waals surface area contributed by atoms with E-state index < -0.39 is 0 Å². The minimum Gasteiger partial charge on any atom is -0.330 e. The Morgan fingerprint density at radius 3 is 1.53 bits per heavy atom. The van der Waals surface area contributed by atoms with Gasteiger partial charge in [0, 0.05) is 0 Å². The summed E-state index contributed by atoms with van der Waals surface area (Å²) in [4.78, 5) is 0. The molecule has 0 spiro atoms. The molecular weight excluding hydrogens is 236 g/mol. The first-order valence-corrected chi connectivity index (χ1v) is 8.24. The number of rotatable bonds is 16. The summed E-state index contributed by atoms with van der Waals surface area (Å²) in [6, 6.07) is 0. The van der Waals surface area contributed by atoms with Gasteiger partial charge in [0.2, 0.25) is 0 Å². The molecule has 0 radical (unpaired) electrons. The van der Waals surface area contributed by atoms with Gasteiger partial charge in [-0.05, 0) is 71.5 Å². The number of hydrogen-bond donors (Lipinski definition) is 4. The first-order chi connectivity index (χ1) is 9.41. The van der Waals surface area contributed by atoms with Crippen LogP contribution in [0.25, 0.3) is 0 Å². The Kier molecular flexibility index (Phi) is 17.7. The van der Waals surface area contributed by atoms with Gasteiger partial charge in [0.05, 0.1) is 0 Å². The van der Waals surface area contributed by atoms with Crippen LogP contribution in [-0.2, 0) is 0 Å². The van der Waals surface area contributed by atoms with Crippen molar-refractivity contribution in [3.8, 4) is 0 Å². The van der Waals surface area contributed by atoms with E-state index >= 15 is 0 Å². The fraction of sp³-hybridized carbons (Fsp3) is 1.00. The summed E-state index contributed by atoms with van der Waals surface area (Å²) in [5, 5.41) is 10.4. The molecule has 4 heteroatoms. The lowest BCUT2D eigenvalue weighted by molar-refractivity contribution is 0.549. The highest BCUT2D eigenvalue weighted by Gasteiger charge is 1.91. The maximum Gasteiger partial charge on any atom is -0.00368 e. The molecule has 0 atom stereocenters. The fourth-order valence-electron chi connectivity index (χ4n) is 1.96. The summed E-state index contributed by atoms with van der Waals surface area (Å²) in [6.07, 6.45) is 8.92. The van der Waals surface area contributed by atoms with Gasteiger partial charge in [-0.15, -0.1) is 0 Å². The Hall–Kier alpha value is -0.160. The van der Waals surface area contributed by atoms with Crippen LogP contribution in [0, 0.1) is 0 Å². The van der Waals surface area contributed by atoms with E-state index in [2.05, 4.69) is 22.9 Å². The summed E-state index contributed by atoms with van der Waals surface area (Å²) in [7, 11) is 0. The van der Waals surface area contributed by atoms with Gasteiger partial charge < -0.3 is 21.7 Å². The predicted molar refractivity (Wildman–Crippen MR) is 85.7 cm³/mol. The quantitative estimate of drug-likeness (QED) is 0.321. The Labute approximate surface area is 120 Å². The van der Waals surface area contributed by atoms with Gasteiger partial charge in [0.15, 0.2) is 0 Å². The van der Waals surface area contributed by atoms with E-state index in [1.54, 1.807) is 0 Å². The summed E-state index contributed by atoms with van der Waals surface area (Å²) < 4.78 is 0. The molecule has 0 aromatic heterocycles. The zero-order valence-corrected chi connectivity index (χ0v) is 13.0. The topological polar surface area (TPSA) is 62.1 Å². The summed E-state index contributed by atoms with van der Waals surface area (Å²) in [6.45, 7) is 9.78. The summed E-state index contributed by atoms with van der Waals surface area (Å²) >= 11 is 0. The smallest absolute Gasteiger partial charge is 0.00368 e. The molecule has 0 fully saturated rings. The van der Waals surface area contributed by atoms with E-state index in [-0.39, 0.29) is 0 Å². The molecule has 0 aliphatic rings. The van der Waals surface area contributed by atoms with Crippen molar-refractivity contribution in [2.45, 2.75) is 51.9 Å². The van der Waals surface area contributed by atoms with Gasteiger partial charge in [-0.1, -0.05) is 26.2 Å². The van der Waals surface area contributed by atoms with E-state index in [9.17, 15) is 0 Å². The molecule has 0 bridgehead atoms. The van der Waals surface area contributed by atoms with E-state index in [0.29, 0.717) is 0 Å². The maximum atomic E-state index is 5.42. The predicted octanol–water partition coefficient (Wildman–Crippen LogP) is 1.46. The molecule has 0 aliphatic heterocycles. The summed E-state index contributed by atoms with van der Waals surface area (Å²) in [5.41, 5.74) is 5.42. The highest BCUT2D eigenvalue weighted by Crippen LogP contribution is 1.96. The number of nitrogens with one attached hydrogen (secondary N) is 3. The number of unbranched alkanes of at least 4 members (excludes halogenated alkanes) is 3. The highest BCUT2D eigenvalue weighted by atomic mass is 14.9. The van der Waals surface area contributed by atoms with Gasteiger partial charge in [-0.2, -0.15) is 0 Å². The van der Waals surface area contributed by atoms with Gasteiger partial charge in [-0.25, -0.2) is 0 Å². The molecule has 0 saturated carbocycles.